The van der Waals surface area contributed by atoms with Gasteiger partial charge in [0.1, 0.15) is 5.75 Å². The Bertz CT molecular complexity index is 703. The number of amides is 1. The molecule has 1 amide bonds. The van der Waals surface area contributed by atoms with Crippen molar-refractivity contribution in [1.29, 1.82) is 0 Å². The number of benzene rings is 1. The summed E-state index contributed by atoms with van der Waals surface area (Å²) in [7, 11) is 0. The molecule has 1 aromatic carbocycles. The molecule has 1 aromatic heterocycles. The van der Waals surface area contributed by atoms with Gasteiger partial charge in [0.05, 0.1) is 0 Å². The number of alkyl halides is 3. The van der Waals surface area contributed by atoms with E-state index in [9.17, 15) is 18.0 Å². The predicted molar refractivity (Wildman–Crippen MR) is 84.3 cm³/mol. The zero-order valence-electron chi connectivity index (χ0n) is 13.5. The van der Waals surface area contributed by atoms with Gasteiger partial charge in [0.25, 0.3) is 5.91 Å². The second-order valence-corrected chi connectivity index (χ2v) is 5.28. The van der Waals surface area contributed by atoms with E-state index in [-0.39, 0.29) is 24.9 Å². The second-order valence-electron chi connectivity index (χ2n) is 5.28. The van der Waals surface area contributed by atoms with Gasteiger partial charge in [-0.1, -0.05) is 17.7 Å². The molecule has 2 rings (SSSR count). The molecular weight excluding hydrogens is 337 g/mol. The third-order valence-electron chi connectivity index (χ3n) is 3.06. The van der Waals surface area contributed by atoms with E-state index < -0.39 is 12.8 Å². The van der Waals surface area contributed by atoms with Gasteiger partial charge < -0.3 is 14.8 Å². The van der Waals surface area contributed by atoms with Crippen LogP contribution in [-0.2, 0) is 11.3 Å². The highest BCUT2D eigenvalue weighted by Gasteiger charge is 2.28. The highest BCUT2D eigenvalue weighted by molar-refractivity contribution is 5.77. The van der Waals surface area contributed by atoms with Crippen molar-refractivity contribution in [3.8, 4) is 11.6 Å². The maximum Gasteiger partial charge on any atom is 0.422 e. The average molecular weight is 354 g/mol. The molecule has 5 nitrogen and oxygen atoms in total. The van der Waals surface area contributed by atoms with Crippen LogP contribution >= 0.6 is 0 Å². The van der Waals surface area contributed by atoms with E-state index in [1.165, 1.54) is 12.3 Å². The lowest BCUT2D eigenvalue weighted by Crippen LogP contribution is -2.28. The van der Waals surface area contributed by atoms with E-state index in [0.717, 1.165) is 5.56 Å². The van der Waals surface area contributed by atoms with Crippen molar-refractivity contribution < 1.29 is 27.4 Å². The third kappa shape index (κ3) is 7.11. The van der Waals surface area contributed by atoms with Crippen molar-refractivity contribution in [2.45, 2.75) is 19.6 Å². The number of carbonyl (C=O) groups is 1. The molecular formula is C17H17F3N2O3. The minimum absolute atomic E-state index is 0.126. The summed E-state index contributed by atoms with van der Waals surface area (Å²) in [4.78, 5) is 15.5. The number of rotatable bonds is 7. The number of carbonyl (C=O) groups excluding carboxylic acids is 1. The highest BCUT2D eigenvalue weighted by atomic mass is 19.4. The molecule has 0 aliphatic rings. The molecule has 0 saturated heterocycles. The summed E-state index contributed by atoms with van der Waals surface area (Å²) in [5, 5.41) is 2.61. The Morgan fingerprint density at radius 2 is 1.88 bits per heavy atom. The maximum absolute atomic E-state index is 12.1. The minimum atomic E-state index is -4.43. The molecule has 25 heavy (non-hydrogen) atoms. The third-order valence-corrected chi connectivity index (χ3v) is 3.06. The lowest BCUT2D eigenvalue weighted by molar-refractivity contribution is -0.154. The Kier molecular flexibility index (Phi) is 6.21. The second kappa shape index (κ2) is 8.36. The van der Waals surface area contributed by atoms with Crippen LogP contribution in [0, 0.1) is 6.92 Å². The normalized spacial score (nSPS) is 11.0. The number of halogens is 3. The van der Waals surface area contributed by atoms with E-state index in [2.05, 4.69) is 15.0 Å². The fourth-order valence-electron chi connectivity index (χ4n) is 1.83. The van der Waals surface area contributed by atoms with E-state index in [4.69, 9.17) is 4.74 Å². The Labute approximate surface area is 142 Å². The van der Waals surface area contributed by atoms with Gasteiger partial charge in [-0.3, -0.25) is 4.79 Å². The molecule has 0 atom stereocenters. The van der Waals surface area contributed by atoms with Gasteiger partial charge in [0.15, 0.2) is 13.2 Å². The molecule has 1 N–H and O–H groups in total. The van der Waals surface area contributed by atoms with E-state index >= 15 is 0 Å². The SMILES string of the molecule is Cc1ccc(OCC(=O)NCc2ccnc(OCC(F)(F)F)c2)cc1. The van der Waals surface area contributed by atoms with Gasteiger partial charge in [0.2, 0.25) is 5.88 Å². The number of hydrogen-bond donors (Lipinski definition) is 1. The maximum atomic E-state index is 12.1. The lowest BCUT2D eigenvalue weighted by Gasteiger charge is -2.10. The lowest BCUT2D eigenvalue weighted by atomic mass is 10.2. The van der Waals surface area contributed by atoms with Gasteiger partial charge >= 0.3 is 6.18 Å². The predicted octanol–water partition coefficient (Wildman–Crippen LogP) is 3.03. The van der Waals surface area contributed by atoms with Crippen molar-refractivity contribution in [3.05, 3.63) is 53.7 Å². The molecule has 0 unspecified atom stereocenters. The van der Waals surface area contributed by atoms with Crippen LogP contribution in [0.1, 0.15) is 11.1 Å². The van der Waals surface area contributed by atoms with Crippen LogP contribution in [0.15, 0.2) is 42.6 Å². The van der Waals surface area contributed by atoms with Crippen LogP contribution < -0.4 is 14.8 Å². The first-order valence-corrected chi connectivity index (χ1v) is 7.42. The van der Waals surface area contributed by atoms with Gasteiger partial charge in [-0.15, -0.1) is 0 Å². The summed E-state index contributed by atoms with van der Waals surface area (Å²) in [5.41, 5.74) is 1.65. The number of pyridine rings is 1. The summed E-state index contributed by atoms with van der Waals surface area (Å²) in [5.74, 6) is 0.0719. The molecule has 0 spiro atoms. The van der Waals surface area contributed by atoms with Gasteiger partial charge in [-0.2, -0.15) is 13.2 Å². The van der Waals surface area contributed by atoms with Crippen LogP contribution in [0.2, 0.25) is 0 Å². The van der Waals surface area contributed by atoms with Crippen LogP contribution in [0.5, 0.6) is 11.6 Å². The molecule has 2 aromatic rings. The summed E-state index contributed by atoms with van der Waals surface area (Å²) < 4.78 is 46.3. The van der Waals surface area contributed by atoms with Crippen molar-refractivity contribution in [2.75, 3.05) is 13.2 Å². The van der Waals surface area contributed by atoms with E-state index in [1.54, 1.807) is 18.2 Å². The molecule has 0 aliphatic heterocycles. The molecule has 0 radical (unpaired) electrons. The standard InChI is InChI=1S/C17H17F3N2O3/c1-12-2-4-14(5-3-12)24-10-15(23)22-9-13-6-7-21-16(8-13)25-11-17(18,19)20/h2-8H,9-11H2,1H3,(H,22,23). The quantitative estimate of drug-likeness (QED) is 0.830. The first-order valence-electron chi connectivity index (χ1n) is 7.42. The number of aryl methyl sites for hydroxylation is 1. The summed E-state index contributed by atoms with van der Waals surface area (Å²) in [6.45, 7) is 0.491. The minimum Gasteiger partial charge on any atom is -0.484 e. The summed E-state index contributed by atoms with van der Waals surface area (Å²) >= 11 is 0. The smallest absolute Gasteiger partial charge is 0.422 e. The largest absolute Gasteiger partial charge is 0.484 e. The monoisotopic (exact) mass is 354 g/mol. The van der Waals surface area contributed by atoms with Gasteiger partial charge in [0, 0.05) is 18.8 Å². The summed E-state index contributed by atoms with van der Waals surface area (Å²) in [6, 6.07) is 10.2. The van der Waals surface area contributed by atoms with E-state index in [0.29, 0.717) is 11.3 Å². The van der Waals surface area contributed by atoms with Crippen LogP contribution in [0.25, 0.3) is 0 Å². The molecule has 0 bridgehead atoms. The highest BCUT2D eigenvalue weighted by Crippen LogP contribution is 2.17. The Morgan fingerprint density at radius 3 is 2.56 bits per heavy atom. The number of aromatic nitrogens is 1. The number of nitrogens with zero attached hydrogens (tertiary/aromatic N) is 1. The van der Waals surface area contributed by atoms with Crippen molar-refractivity contribution in [1.82, 2.24) is 10.3 Å². The fraction of sp³-hybridized carbons (Fsp3) is 0.294. The first kappa shape index (κ1) is 18.6. The van der Waals surface area contributed by atoms with Crippen molar-refractivity contribution in [3.63, 3.8) is 0 Å². The number of hydrogen-bond acceptors (Lipinski definition) is 4. The zero-order valence-corrected chi connectivity index (χ0v) is 13.5. The van der Waals surface area contributed by atoms with Crippen molar-refractivity contribution >= 4 is 5.91 Å². The summed E-state index contributed by atoms with van der Waals surface area (Å²) in [6.07, 6.45) is -3.12. The molecule has 8 heteroatoms. The first-order chi connectivity index (χ1) is 11.8. The number of nitrogens with one attached hydrogen (secondary N) is 1. The van der Waals surface area contributed by atoms with E-state index in [1.807, 2.05) is 19.1 Å². The van der Waals surface area contributed by atoms with Gasteiger partial charge in [-0.25, -0.2) is 4.98 Å². The average Bonchev–Trinajstić information content (AvgIpc) is 2.57. The molecule has 0 aliphatic carbocycles. The Hall–Kier alpha value is -2.77. The van der Waals surface area contributed by atoms with Crippen LogP contribution in [-0.4, -0.2) is 30.3 Å². The molecule has 1 heterocycles. The van der Waals surface area contributed by atoms with Crippen molar-refractivity contribution in [2.24, 2.45) is 0 Å². The van der Waals surface area contributed by atoms with Gasteiger partial charge in [-0.05, 0) is 30.7 Å². The van der Waals surface area contributed by atoms with Crippen LogP contribution in [0.4, 0.5) is 13.2 Å². The molecule has 0 saturated carbocycles. The Morgan fingerprint density at radius 1 is 1.16 bits per heavy atom. The van der Waals surface area contributed by atoms with Crippen LogP contribution in [0.3, 0.4) is 0 Å². The zero-order chi connectivity index (χ0) is 18.3. The molecule has 0 fully saturated rings. The molecule has 134 valence electrons. The fourth-order valence-corrected chi connectivity index (χ4v) is 1.83. The Balaban J connectivity index is 1.78. The number of ether oxygens (including phenoxy) is 2. The topological polar surface area (TPSA) is 60.5 Å².